The van der Waals surface area contributed by atoms with E-state index in [1.807, 2.05) is 0 Å². The summed E-state index contributed by atoms with van der Waals surface area (Å²) in [6, 6.07) is 3.21. The van der Waals surface area contributed by atoms with Crippen molar-refractivity contribution >= 4 is 11.7 Å². The number of nitrogens with two attached hydrogens (primary N) is 1. The number of aliphatic hydroxyl groups excluding tert-OH is 3. The molecule has 0 aromatic heterocycles. The number of ether oxygens (including phenoxy) is 2. The number of carboxylic acid groups (broad SMARTS) is 1. The highest BCUT2D eigenvalue weighted by Gasteiger charge is 2.48. The van der Waals surface area contributed by atoms with Crippen LogP contribution in [0, 0.1) is 5.82 Å². The quantitative estimate of drug-likeness (QED) is 0.433. The first-order chi connectivity index (χ1) is 9.81. The number of hydrogen-bond acceptors (Lipinski definition) is 7. The number of aliphatic carboxylic acids is 1. The Labute approximate surface area is 118 Å². The molecule has 1 fully saturated rings. The summed E-state index contributed by atoms with van der Waals surface area (Å²) < 4.78 is 23.1. The van der Waals surface area contributed by atoms with Gasteiger partial charge in [0.2, 0.25) is 6.29 Å². The zero-order valence-electron chi connectivity index (χ0n) is 10.6. The van der Waals surface area contributed by atoms with Crippen molar-refractivity contribution < 1.29 is 39.1 Å². The maximum Gasteiger partial charge on any atom is 0.335 e. The number of anilines is 1. The predicted octanol–water partition coefficient (Wildman–Crippen LogP) is -1.32. The highest BCUT2D eigenvalue weighted by Crippen LogP contribution is 2.28. The Bertz CT molecular complexity index is 540. The van der Waals surface area contributed by atoms with Crippen LogP contribution >= 0.6 is 0 Å². The zero-order chi connectivity index (χ0) is 15.7. The third-order valence-electron chi connectivity index (χ3n) is 3.03. The summed E-state index contributed by atoms with van der Waals surface area (Å²) in [5.74, 6) is -2.40. The molecule has 1 aromatic rings. The molecule has 0 radical (unpaired) electrons. The number of halogens is 1. The van der Waals surface area contributed by atoms with Crippen molar-refractivity contribution in [3.05, 3.63) is 24.0 Å². The lowest BCUT2D eigenvalue weighted by molar-refractivity contribution is -0.271. The van der Waals surface area contributed by atoms with Gasteiger partial charge in [-0.15, -0.1) is 0 Å². The molecule has 2 rings (SSSR count). The second-order valence-corrected chi connectivity index (χ2v) is 4.54. The normalized spacial score (nSPS) is 32.7. The van der Waals surface area contributed by atoms with Crippen LogP contribution in [-0.4, -0.2) is 57.1 Å². The monoisotopic (exact) mass is 303 g/mol. The molecule has 6 N–H and O–H groups in total. The SMILES string of the molecule is Nc1ccc(F)cc1O[C@@H]1O[C@H](C(=O)O)[C@@H](O)[C@H](O)[C@H]1O. The van der Waals surface area contributed by atoms with Crippen molar-refractivity contribution in [1.29, 1.82) is 0 Å². The first-order valence-electron chi connectivity index (χ1n) is 5.95. The highest BCUT2D eigenvalue weighted by atomic mass is 19.1. The van der Waals surface area contributed by atoms with E-state index in [4.69, 9.17) is 20.3 Å². The fraction of sp³-hybridized carbons (Fsp3) is 0.417. The Morgan fingerprint density at radius 3 is 2.52 bits per heavy atom. The van der Waals surface area contributed by atoms with Crippen LogP contribution in [0.4, 0.5) is 10.1 Å². The molecule has 0 unspecified atom stereocenters. The maximum atomic E-state index is 13.1. The molecule has 0 aliphatic carbocycles. The summed E-state index contributed by atoms with van der Waals surface area (Å²) >= 11 is 0. The van der Waals surface area contributed by atoms with Gasteiger partial charge in [-0.3, -0.25) is 0 Å². The average molecular weight is 303 g/mol. The molecule has 21 heavy (non-hydrogen) atoms. The lowest BCUT2D eigenvalue weighted by Crippen LogP contribution is -2.61. The smallest absolute Gasteiger partial charge is 0.335 e. The van der Waals surface area contributed by atoms with Crippen LogP contribution in [0.1, 0.15) is 0 Å². The van der Waals surface area contributed by atoms with Gasteiger partial charge in [0.05, 0.1) is 5.69 Å². The Hall–Kier alpha value is -1.94. The van der Waals surface area contributed by atoms with Gasteiger partial charge in [-0.05, 0) is 12.1 Å². The fourth-order valence-corrected chi connectivity index (χ4v) is 1.88. The third kappa shape index (κ3) is 3.05. The summed E-state index contributed by atoms with van der Waals surface area (Å²) in [6.07, 6.45) is -8.81. The Morgan fingerprint density at radius 1 is 1.24 bits per heavy atom. The van der Waals surface area contributed by atoms with E-state index < -0.39 is 42.5 Å². The molecule has 8 nitrogen and oxygen atoms in total. The van der Waals surface area contributed by atoms with Gasteiger partial charge in [-0.2, -0.15) is 0 Å². The van der Waals surface area contributed by atoms with Crippen molar-refractivity contribution in [3.8, 4) is 5.75 Å². The van der Waals surface area contributed by atoms with Gasteiger partial charge in [0.1, 0.15) is 29.9 Å². The van der Waals surface area contributed by atoms with E-state index in [1.165, 1.54) is 6.07 Å². The second-order valence-electron chi connectivity index (χ2n) is 4.54. The van der Waals surface area contributed by atoms with Gasteiger partial charge in [-0.1, -0.05) is 0 Å². The highest BCUT2D eigenvalue weighted by molar-refractivity contribution is 5.73. The molecule has 1 aliphatic rings. The minimum Gasteiger partial charge on any atom is -0.479 e. The minimum absolute atomic E-state index is 0.0275. The molecule has 1 heterocycles. The molecule has 1 aromatic carbocycles. The Balaban J connectivity index is 2.22. The fourth-order valence-electron chi connectivity index (χ4n) is 1.88. The largest absolute Gasteiger partial charge is 0.479 e. The van der Waals surface area contributed by atoms with Gasteiger partial charge in [0, 0.05) is 6.07 Å². The lowest BCUT2D eigenvalue weighted by Gasteiger charge is -2.38. The van der Waals surface area contributed by atoms with Gasteiger partial charge >= 0.3 is 5.97 Å². The number of hydrogen-bond donors (Lipinski definition) is 5. The minimum atomic E-state index is -1.83. The second kappa shape index (κ2) is 5.82. The average Bonchev–Trinajstić information content (AvgIpc) is 2.43. The van der Waals surface area contributed by atoms with Crippen molar-refractivity contribution in [2.24, 2.45) is 0 Å². The molecule has 9 heteroatoms. The molecule has 1 aliphatic heterocycles. The third-order valence-corrected chi connectivity index (χ3v) is 3.03. The van der Waals surface area contributed by atoms with Crippen LogP contribution in [-0.2, 0) is 9.53 Å². The van der Waals surface area contributed by atoms with E-state index in [0.29, 0.717) is 0 Å². The van der Waals surface area contributed by atoms with Gasteiger partial charge in [0.25, 0.3) is 0 Å². The molecular formula is C12H14FNO7. The first kappa shape index (κ1) is 15.4. The van der Waals surface area contributed by atoms with E-state index >= 15 is 0 Å². The number of benzene rings is 1. The molecule has 0 spiro atoms. The summed E-state index contributed by atoms with van der Waals surface area (Å²) in [4.78, 5) is 10.9. The first-order valence-corrected chi connectivity index (χ1v) is 5.95. The van der Waals surface area contributed by atoms with Crippen molar-refractivity contribution in [2.45, 2.75) is 30.7 Å². The zero-order valence-corrected chi connectivity index (χ0v) is 10.6. The van der Waals surface area contributed by atoms with Crippen molar-refractivity contribution in [2.75, 3.05) is 5.73 Å². The molecule has 116 valence electrons. The Morgan fingerprint density at radius 2 is 1.90 bits per heavy atom. The maximum absolute atomic E-state index is 13.1. The number of carboxylic acids is 1. The summed E-state index contributed by atoms with van der Waals surface area (Å²) in [7, 11) is 0. The molecular weight excluding hydrogens is 289 g/mol. The molecule has 0 amide bonds. The van der Waals surface area contributed by atoms with Crippen LogP contribution in [0.3, 0.4) is 0 Å². The molecule has 5 atom stereocenters. The van der Waals surface area contributed by atoms with Crippen LogP contribution in [0.15, 0.2) is 18.2 Å². The molecule has 1 saturated heterocycles. The van der Waals surface area contributed by atoms with Gasteiger partial charge in [0.15, 0.2) is 6.10 Å². The van der Waals surface area contributed by atoms with Crippen LogP contribution in [0.5, 0.6) is 5.75 Å². The van der Waals surface area contributed by atoms with Gasteiger partial charge in [-0.25, -0.2) is 9.18 Å². The predicted molar refractivity (Wildman–Crippen MR) is 65.8 cm³/mol. The number of rotatable bonds is 3. The van der Waals surface area contributed by atoms with Crippen LogP contribution in [0.2, 0.25) is 0 Å². The van der Waals surface area contributed by atoms with Crippen LogP contribution in [0.25, 0.3) is 0 Å². The van der Waals surface area contributed by atoms with Crippen molar-refractivity contribution in [1.82, 2.24) is 0 Å². The van der Waals surface area contributed by atoms with E-state index in [1.54, 1.807) is 0 Å². The van der Waals surface area contributed by atoms with E-state index in [-0.39, 0.29) is 11.4 Å². The topological polar surface area (TPSA) is 142 Å². The summed E-state index contributed by atoms with van der Waals surface area (Å²) in [5.41, 5.74) is 5.58. The van der Waals surface area contributed by atoms with E-state index in [2.05, 4.69) is 0 Å². The van der Waals surface area contributed by atoms with Gasteiger partial charge < -0.3 is 35.6 Å². The number of carbonyl (C=O) groups is 1. The summed E-state index contributed by atoms with van der Waals surface area (Å²) in [6.45, 7) is 0. The van der Waals surface area contributed by atoms with Crippen molar-refractivity contribution in [3.63, 3.8) is 0 Å². The number of nitrogen functional groups attached to an aromatic ring is 1. The van der Waals surface area contributed by atoms with Crippen LogP contribution < -0.4 is 10.5 Å². The van der Waals surface area contributed by atoms with E-state index in [0.717, 1.165) is 12.1 Å². The summed E-state index contributed by atoms with van der Waals surface area (Å²) in [5, 5.41) is 37.7. The lowest BCUT2D eigenvalue weighted by atomic mass is 9.99. The number of aliphatic hydroxyl groups is 3. The standard InChI is InChI=1S/C12H14FNO7/c13-4-1-2-5(14)6(3-4)20-12-9(17)7(15)8(16)10(21-12)11(18)19/h1-3,7-10,12,15-17H,14H2,(H,18,19)/t7-,8-,9+,10-,12+/m0/s1. The Kier molecular flexibility index (Phi) is 4.28. The van der Waals surface area contributed by atoms with E-state index in [9.17, 15) is 24.5 Å². The molecule has 0 saturated carbocycles. The molecule has 0 bridgehead atoms.